The van der Waals surface area contributed by atoms with E-state index >= 15 is 0 Å². The molecule has 104 valence electrons. The molecule has 0 bridgehead atoms. The van der Waals surface area contributed by atoms with Gasteiger partial charge in [-0.15, -0.1) is 0 Å². The first-order chi connectivity index (χ1) is 8.92. The van der Waals surface area contributed by atoms with Crippen LogP contribution in [-0.2, 0) is 0 Å². The molecule has 1 N–H and O–H groups in total. The molecule has 0 spiro atoms. The van der Waals surface area contributed by atoms with Gasteiger partial charge in [0, 0.05) is 18.6 Å². The fourth-order valence-corrected chi connectivity index (χ4v) is 3.51. The van der Waals surface area contributed by atoms with Gasteiger partial charge in [-0.3, -0.25) is 4.90 Å². The summed E-state index contributed by atoms with van der Waals surface area (Å²) in [5.74, 6) is 0. The summed E-state index contributed by atoms with van der Waals surface area (Å²) >= 11 is 0. The molecule has 0 aromatic carbocycles. The molecule has 0 radical (unpaired) electrons. The maximum absolute atomic E-state index is 3.71. The van der Waals surface area contributed by atoms with Gasteiger partial charge in [0.05, 0.1) is 0 Å². The summed E-state index contributed by atoms with van der Waals surface area (Å²) in [4.78, 5) is 5.39. The van der Waals surface area contributed by atoms with E-state index in [0.717, 1.165) is 12.1 Å². The third-order valence-corrected chi connectivity index (χ3v) is 4.84. The Morgan fingerprint density at radius 1 is 0.889 bits per heavy atom. The lowest BCUT2D eigenvalue weighted by molar-refractivity contribution is 0.226. The van der Waals surface area contributed by atoms with Crippen molar-refractivity contribution in [2.45, 2.75) is 57.0 Å². The Bertz CT molecular complexity index is 246. The van der Waals surface area contributed by atoms with Crippen LogP contribution in [0.4, 0.5) is 0 Å². The van der Waals surface area contributed by atoms with Crippen LogP contribution in [0.3, 0.4) is 0 Å². The van der Waals surface area contributed by atoms with Crippen LogP contribution in [0.15, 0.2) is 0 Å². The van der Waals surface area contributed by atoms with Crippen LogP contribution < -0.4 is 5.32 Å². The minimum Gasteiger partial charge on any atom is -0.312 e. The van der Waals surface area contributed by atoms with E-state index in [1.54, 1.807) is 0 Å². The van der Waals surface area contributed by atoms with Crippen molar-refractivity contribution in [2.75, 3.05) is 39.3 Å². The molecule has 0 amide bonds. The highest BCUT2D eigenvalue weighted by molar-refractivity contribution is 4.86. The third-order valence-electron chi connectivity index (χ3n) is 4.84. The van der Waals surface area contributed by atoms with Gasteiger partial charge in [-0.05, 0) is 77.7 Å². The second-order valence-electron chi connectivity index (χ2n) is 6.42. The zero-order chi connectivity index (χ0) is 12.2. The number of hydrogen-bond acceptors (Lipinski definition) is 3. The predicted octanol–water partition coefficient (Wildman–Crippen LogP) is 1.69. The molecule has 3 nitrogen and oxygen atoms in total. The minimum absolute atomic E-state index is 0.837. The maximum atomic E-state index is 3.71. The maximum Gasteiger partial charge on any atom is 0.0221 e. The standard InChI is InChI=1S/C15H29N3/c1-2-9-17(8-1)10-4-12-18-11-3-5-15(18)13-16-14-6-7-14/h14-16H,1-13H2. The average molecular weight is 251 g/mol. The summed E-state index contributed by atoms with van der Waals surface area (Å²) < 4.78 is 0. The molecule has 3 rings (SSSR count). The van der Waals surface area contributed by atoms with Crippen LogP contribution in [-0.4, -0.2) is 61.2 Å². The molecule has 1 saturated carbocycles. The van der Waals surface area contributed by atoms with Crippen molar-refractivity contribution < 1.29 is 0 Å². The van der Waals surface area contributed by atoms with Crippen molar-refractivity contribution in [3.8, 4) is 0 Å². The molecule has 2 aliphatic heterocycles. The highest BCUT2D eigenvalue weighted by Gasteiger charge is 2.27. The van der Waals surface area contributed by atoms with Crippen LogP contribution >= 0.6 is 0 Å². The van der Waals surface area contributed by atoms with Crippen LogP contribution in [0.25, 0.3) is 0 Å². The zero-order valence-corrected chi connectivity index (χ0v) is 11.7. The molecule has 2 saturated heterocycles. The molecule has 3 heteroatoms. The smallest absolute Gasteiger partial charge is 0.0221 e. The molecule has 1 atom stereocenters. The van der Waals surface area contributed by atoms with Gasteiger partial charge in [-0.25, -0.2) is 0 Å². The van der Waals surface area contributed by atoms with Gasteiger partial charge < -0.3 is 10.2 Å². The lowest BCUT2D eigenvalue weighted by Crippen LogP contribution is -2.39. The Balaban J connectivity index is 1.32. The number of likely N-dealkylation sites (tertiary alicyclic amines) is 2. The average Bonchev–Trinajstić information content (AvgIpc) is 2.89. The van der Waals surface area contributed by atoms with Crippen molar-refractivity contribution in [2.24, 2.45) is 0 Å². The van der Waals surface area contributed by atoms with Crippen LogP contribution in [0.1, 0.15) is 44.9 Å². The number of hydrogen-bond donors (Lipinski definition) is 1. The Hall–Kier alpha value is -0.120. The summed E-state index contributed by atoms with van der Waals surface area (Å²) in [6.45, 7) is 7.96. The molecule has 1 unspecified atom stereocenters. The quantitative estimate of drug-likeness (QED) is 0.743. The van der Waals surface area contributed by atoms with Gasteiger partial charge in [0.25, 0.3) is 0 Å². The van der Waals surface area contributed by atoms with Crippen LogP contribution in [0.5, 0.6) is 0 Å². The Morgan fingerprint density at radius 2 is 1.72 bits per heavy atom. The summed E-state index contributed by atoms with van der Waals surface area (Å²) in [5.41, 5.74) is 0. The van der Waals surface area contributed by atoms with E-state index in [1.807, 2.05) is 0 Å². The van der Waals surface area contributed by atoms with Crippen molar-refractivity contribution in [1.82, 2.24) is 15.1 Å². The zero-order valence-electron chi connectivity index (χ0n) is 11.7. The van der Waals surface area contributed by atoms with E-state index in [0.29, 0.717) is 0 Å². The third kappa shape index (κ3) is 3.69. The van der Waals surface area contributed by atoms with Crippen molar-refractivity contribution in [3.05, 3.63) is 0 Å². The van der Waals surface area contributed by atoms with Gasteiger partial charge in [0.15, 0.2) is 0 Å². The highest BCUT2D eigenvalue weighted by Crippen LogP contribution is 2.21. The molecule has 18 heavy (non-hydrogen) atoms. The monoisotopic (exact) mass is 251 g/mol. The van der Waals surface area contributed by atoms with Crippen LogP contribution in [0.2, 0.25) is 0 Å². The van der Waals surface area contributed by atoms with E-state index in [2.05, 4.69) is 15.1 Å². The fourth-order valence-electron chi connectivity index (χ4n) is 3.51. The summed E-state index contributed by atoms with van der Waals surface area (Å²) in [6.07, 6.45) is 9.91. The van der Waals surface area contributed by atoms with Crippen molar-refractivity contribution in [1.29, 1.82) is 0 Å². The first kappa shape index (κ1) is 12.9. The first-order valence-electron chi connectivity index (χ1n) is 8.11. The lowest BCUT2D eigenvalue weighted by Gasteiger charge is -2.25. The Morgan fingerprint density at radius 3 is 2.50 bits per heavy atom. The van der Waals surface area contributed by atoms with E-state index in [1.165, 1.54) is 84.2 Å². The highest BCUT2D eigenvalue weighted by atomic mass is 15.2. The first-order valence-corrected chi connectivity index (χ1v) is 8.11. The van der Waals surface area contributed by atoms with Gasteiger partial charge >= 0.3 is 0 Å². The summed E-state index contributed by atoms with van der Waals surface area (Å²) in [5, 5.41) is 3.71. The molecule has 2 heterocycles. The van der Waals surface area contributed by atoms with E-state index in [4.69, 9.17) is 0 Å². The number of nitrogens with zero attached hydrogens (tertiary/aromatic N) is 2. The molecule has 0 aromatic heterocycles. The fraction of sp³-hybridized carbons (Fsp3) is 1.00. The van der Waals surface area contributed by atoms with E-state index in [9.17, 15) is 0 Å². The Kier molecular flexibility index (Phi) is 4.55. The second kappa shape index (κ2) is 6.36. The largest absolute Gasteiger partial charge is 0.312 e. The number of rotatable bonds is 7. The van der Waals surface area contributed by atoms with E-state index in [-0.39, 0.29) is 0 Å². The molecule has 0 aromatic rings. The summed E-state index contributed by atoms with van der Waals surface area (Å²) in [7, 11) is 0. The van der Waals surface area contributed by atoms with E-state index < -0.39 is 0 Å². The molecular formula is C15H29N3. The second-order valence-corrected chi connectivity index (χ2v) is 6.42. The molecule has 1 aliphatic carbocycles. The minimum atomic E-state index is 0.837. The van der Waals surface area contributed by atoms with Crippen LogP contribution in [0, 0.1) is 0 Å². The lowest BCUT2D eigenvalue weighted by atomic mass is 10.2. The predicted molar refractivity (Wildman–Crippen MR) is 75.9 cm³/mol. The van der Waals surface area contributed by atoms with Crippen molar-refractivity contribution in [3.63, 3.8) is 0 Å². The van der Waals surface area contributed by atoms with Gasteiger partial charge in [-0.2, -0.15) is 0 Å². The van der Waals surface area contributed by atoms with Crippen molar-refractivity contribution >= 4 is 0 Å². The van der Waals surface area contributed by atoms with Gasteiger partial charge in [0.2, 0.25) is 0 Å². The SMILES string of the molecule is C1CCN(CCCN2CCCC2CNC2CC2)C1. The van der Waals surface area contributed by atoms with Gasteiger partial charge in [-0.1, -0.05) is 0 Å². The molecule has 3 aliphatic rings. The molecular weight excluding hydrogens is 222 g/mol. The molecule has 3 fully saturated rings. The Labute approximate surface area is 112 Å². The van der Waals surface area contributed by atoms with Gasteiger partial charge in [0.1, 0.15) is 0 Å². The normalized spacial score (nSPS) is 30.3. The number of nitrogens with one attached hydrogen (secondary N) is 1. The topological polar surface area (TPSA) is 18.5 Å². The summed E-state index contributed by atoms with van der Waals surface area (Å²) in [6, 6.07) is 1.71.